The third-order valence-corrected chi connectivity index (χ3v) is 16.2. The van der Waals surface area contributed by atoms with Gasteiger partial charge in [-0.1, -0.05) is 84.0 Å². The van der Waals surface area contributed by atoms with Crippen LogP contribution < -0.4 is 5.32 Å². The minimum Gasteiger partial charge on any atom is -0.468 e. The van der Waals surface area contributed by atoms with E-state index >= 15 is 0 Å². The molecule has 0 radical (unpaired) electrons. The Morgan fingerprint density at radius 1 is 0.649 bits per heavy atom. The van der Waals surface area contributed by atoms with Gasteiger partial charge in [0, 0.05) is 68.8 Å². The summed E-state index contributed by atoms with van der Waals surface area (Å²) in [4.78, 5) is 36.1. The van der Waals surface area contributed by atoms with E-state index in [1.807, 2.05) is 36.4 Å². The van der Waals surface area contributed by atoms with Crippen molar-refractivity contribution in [2.24, 2.45) is 0 Å². The maximum atomic E-state index is 12.9. The number of hydrogen-bond acceptors (Lipinski definition) is 12. The number of likely N-dealkylation sites (tertiary alicyclic amines) is 1. The Morgan fingerprint density at radius 2 is 1.19 bits per heavy atom. The predicted octanol–water partition coefficient (Wildman–Crippen LogP) is 11.6. The van der Waals surface area contributed by atoms with E-state index in [0.29, 0.717) is 6.10 Å². The summed E-state index contributed by atoms with van der Waals surface area (Å²) in [6.45, 7) is 6.94. The lowest BCUT2D eigenvalue weighted by Crippen LogP contribution is -2.35. The number of pyridine rings is 2. The van der Waals surface area contributed by atoms with Crippen LogP contribution in [-0.2, 0) is 76.5 Å². The molecule has 10 rings (SSSR count). The van der Waals surface area contributed by atoms with Crippen LogP contribution in [0.4, 0.5) is 0 Å². The maximum Gasteiger partial charge on any atom is 0.327 e. The molecule has 2 aliphatic carbocycles. The van der Waals surface area contributed by atoms with Gasteiger partial charge in [-0.2, -0.15) is 0 Å². The Balaban J connectivity index is 0.000000178. The zero-order valence-corrected chi connectivity index (χ0v) is 45.3. The van der Waals surface area contributed by atoms with E-state index in [-0.39, 0.29) is 37.7 Å². The van der Waals surface area contributed by atoms with E-state index in [4.69, 9.17) is 38.4 Å². The van der Waals surface area contributed by atoms with Gasteiger partial charge in [-0.3, -0.25) is 19.7 Å². The quantitative estimate of drug-likeness (QED) is 0.0545. The van der Waals surface area contributed by atoms with Crippen molar-refractivity contribution < 1.29 is 38.0 Å². The van der Waals surface area contributed by atoms with Gasteiger partial charge in [0.2, 0.25) is 0 Å². The fraction of sp³-hybridized carbons (Fsp3) is 0.607. The SMILES string of the molecule is C.COC(=O)C(Br)c1ccccc1C1CCCO1.COC(=O)C(c1ccccc1C1CCCO1)N1CC[C@@H](OCCCCc2ccc3c(n2)CCCC3)C1.c1cc2c(nc1CCCCO[C@@H]1CCNC1)CCCC2. The van der Waals surface area contributed by atoms with Crippen molar-refractivity contribution in [2.75, 3.05) is 66.8 Å². The number of ether oxygens (including phenoxy) is 6. The summed E-state index contributed by atoms with van der Waals surface area (Å²) in [7, 11) is 2.87. The van der Waals surface area contributed by atoms with Gasteiger partial charge >= 0.3 is 11.9 Å². The molecule has 2 aromatic carbocycles. The second kappa shape index (κ2) is 30.6. The number of aromatic nitrogens is 2. The van der Waals surface area contributed by atoms with Crippen molar-refractivity contribution in [3.05, 3.63) is 129 Å². The summed E-state index contributed by atoms with van der Waals surface area (Å²) in [5.41, 5.74) is 12.2. The highest BCUT2D eigenvalue weighted by Gasteiger charge is 2.37. The fourth-order valence-electron chi connectivity index (χ4n) is 11.3. The third kappa shape index (κ3) is 16.5. The highest BCUT2D eigenvalue weighted by Crippen LogP contribution is 2.38. The topological polar surface area (TPSA) is 131 Å². The number of hydrogen-bond donors (Lipinski definition) is 1. The highest BCUT2D eigenvalue weighted by molar-refractivity contribution is 9.09. The van der Waals surface area contributed by atoms with Crippen LogP contribution in [0.15, 0.2) is 72.8 Å². The van der Waals surface area contributed by atoms with Crippen LogP contribution in [0.1, 0.15) is 177 Å². The molecular weight excluding hydrogens is 997 g/mol. The first-order valence-corrected chi connectivity index (χ1v) is 28.6. The average Bonchev–Trinajstić information content (AvgIpc) is 4.32. The molecule has 6 atom stereocenters. The minimum atomic E-state index is -0.423. The molecule has 6 heterocycles. The number of nitrogens with zero attached hydrogens (tertiary/aromatic N) is 3. The van der Waals surface area contributed by atoms with E-state index in [1.54, 1.807) is 0 Å². The van der Waals surface area contributed by atoms with Gasteiger partial charge in [0.05, 0.1) is 38.6 Å². The molecule has 4 aromatic rings. The fourth-order valence-corrected chi connectivity index (χ4v) is 11.9. The zero-order valence-electron chi connectivity index (χ0n) is 43.7. The summed E-state index contributed by atoms with van der Waals surface area (Å²) in [5.74, 6) is -0.492. The molecule has 404 valence electrons. The van der Waals surface area contributed by atoms with Crippen molar-refractivity contribution in [3.8, 4) is 0 Å². The molecule has 6 aliphatic rings. The first kappa shape index (κ1) is 57.6. The number of carbonyl (C=O) groups is 2. The van der Waals surface area contributed by atoms with E-state index in [0.717, 1.165) is 145 Å². The summed E-state index contributed by atoms with van der Waals surface area (Å²) in [6, 6.07) is 24.7. The number of nitrogens with one attached hydrogen (secondary N) is 1. The maximum absolute atomic E-state index is 12.9. The van der Waals surface area contributed by atoms with Gasteiger partial charge in [0.25, 0.3) is 0 Å². The summed E-state index contributed by atoms with van der Waals surface area (Å²) in [5, 5.41) is 3.33. The standard InChI is InChI=1S/C30H40N2O4.C17H26N2O.C13H15BrO3.CH4/c1-34-30(33)29(26-12-4-3-11-25(26)28-14-8-20-36-28)32-18-17-24(21-32)35-19-7-6-10-23-16-15-22-9-2-5-13-27(22)31-23;1-2-7-17-14(5-1)8-9-15(19-17)6-3-4-12-20-16-10-11-18-13-16;1-16-13(15)12(14)10-6-3-2-5-9(10)11-7-4-8-17-11;/h3-4,11-12,15-16,24,28-29H,2,5-10,13-14,17-21H2,1H3;8-9,16,18H,1-7,10-13H2;2-3,5-6,11-12H,4,7-8H2,1H3;1H4/t24-,28?,29?;16-;;/m11../s1. The molecule has 4 unspecified atom stereocenters. The molecule has 13 heteroatoms. The van der Waals surface area contributed by atoms with Gasteiger partial charge in [-0.05, 0) is 180 Å². The number of esters is 2. The van der Waals surface area contributed by atoms with E-state index < -0.39 is 10.9 Å². The highest BCUT2D eigenvalue weighted by atomic mass is 79.9. The van der Waals surface area contributed by atoms with E-state index in [1.165, 1.54) is 106 Å². The summed E-state index contributed by atoms with van der Waals surface area (Å²) in [6.07, 6.45) is 23.5. The van der Waals surface area contributed by atoms with Crippen LogP contribution in [-0.4, -0.2) is 106 Å². The molecule has 74 heavy (non-hydrogen) atoms. The first-order valence-electron chi connectivity index (χ1n) is 27.7. The normalized spacial score (nSPS) is 21.9. The molecule has 12 nitrogen and oxygen atoms in total. The third-order valence-electron chi connectivity index (χ3n) is 15.3. The number of unbranched alkanes of at least 4 members (excludes halogenated alkanes) is 2. The van der Waals surface area contributed by atoms with Gasteiger partial charge in [-0.15, -0.1) is 0 Å². The minimum absolute atomic E-state index is 0. The molecular formula is C61H85BrN4O8. The van der Waals surface area contributed by atoms with Crippen molar-refractivity contribution in [1.29, 1.82) is 0 Å². The molecule has 2 aromatic heterocycles. The van der Waals surface area contributed by atoms with Gasteiger partial charge < -0.3 is 33.7 Å². The van der Waals surface area contributed by atoms with Gasteiger partial charge in [0.1, 0.15) is 10.9 Å². The summed E-state index contributed by atoms with van der Waals surface area (Å²) >= 11 is 3.38. The van der Waals surface area contributed by atoms with Crippen LogP contribution in [0.2, 0.25) is 0 Å². The number of alkyl halides is 1. The molecule has 4 fully saturated rings. The Morgan fingerprint density at radius 3 is 1.73 bits per heavy atom. The number of rotatable bonds is 19. The van der Waals surface area contributed by atoms with Crippen LogP contribution in [0.25, 0.3) is 0 Å². The monoisotopic (exact) mass is 1080 g/mol. The lowest BCUT2D eigenvalue weighted by Gasteiger charge is -2.28. The first-order chi connectivity index (χ1) is 35.9. The van der Waals surface area contributed by atoms with E-state index in [9.17, 15) is 9.59 Å². The number of benzene rings is 2. The lowest BCUT2D eigenvalue weighted by molar-refractivity contribution is -0.147. The number of carbonyl (C=O) groups excluding carboxylic acids is 2. The predicted molar refractivity (Wildman–Crippen MR) is 295 cm³/mol. The van der Waals surface area contributed by atoms with Crippen LogP contribution in [0.3, 0.4) is 0 Å². The van der Waals surface area contributed by atoms with Gasteiger partial charge in [-0.25, -0.2) is 4.79 Å². The van der Waals surface area contributed by atoms with E-state index in [2.05, 4.69) is 62.5 Å². The average molecular weight is 1080 g/mol. The van der Waals surface area contributed by atoms with Crippen LogP contribution >= 0.6 is 15.9 Å². The molecule has 4 aliphatic heterocycles. The van der Waals surface area contributed by atoms with Crippen LogP contribution in [0, 0.1) is 0 Å². The second-order valence-corrected chi connectivity index (χ2v) is 21.4. The summed E-state index contributed by atoms with van der Waals surface area (Å²) < 4.78 is 33.7. The molecule has 4 saturated heterocycles. The molecule has 1 N–H and O–H groups in total. The largest absolute Gasteiger partial charge is 0.468 e. The Bertz CT molecular complexity index is 2330. The van der Waals surface area contributed by atoms with Crippen LogP contribution in [0.5, 0.6) is 0 Å². The molecule has 0 spiro atoms. The molecule has 0 bridgehead atoms. The number of halogens is 1. The second-order valence-electron chi connectivity index (χ2n) is 20.5. The van der Waals surface area contributed by atoms with Crippen molar-refractivity contribution >= 4 is 27.9 Å². The Labute approximate surface area is 450 Å². The molecule has 0 amide bonds. The van der Waals surface area contributed by atoms with Crippen molar-refractivity contribution in [2.45, 2.75) is 171 Å². The Hall–Kier alpha value is -4.08. The lowest BCUT2D eigenvalue weighted by atomic mass is 9.94. The Kier molecular flexibility index (Phi) is 23.8. The number of fused-ring (bicyclic) bond motifs is 2. The number of methoxy groups -OCH3 is 2. The van der Waals surface area contributed by atoms with Crippen molar-refractivity contribution in [3.63, 3.8) is 0 Å². The number of aryl methyl sites for hydroxylation is 6. The zero-order chi connectivity index (χ0) is 50.6. The van der Waals surface area contributed by atoms with Crippen molar-refractivity contribution in [1.82, 2.24) is 20.2 Å². The smallest absolute Gasteiger partial charge is 0.327 e. The van der Waals surface area contributed by atoms with Gasteiger partial charge in [0.15, 0.2) is 0 Å². The molecule has 0 saturated carbocycles.